The molecule has 2 saturated heterocycles. The summed E-state index contributed by atoms with van der Waals surface area (Å²) in [6.07, 6.45) is 3.73. The highest BCUT2D eigenvalue weighted by Gasteiger charge is 2.40. The van der Waals surface area contributed by atoms with Gasteiger partial charge in [0.2, 0.25) is 11.9 Å². The van der Waals surface area contributed by atoms with E-state index in [0.717, 1.165) is 50.7 Å². The lowest BCUT2D eigenvalue weighted by Gasteiger charge is -2.44. The summed E-state index contributed by atoms with van der Waals surface area (Å²) in [5.74, 6) is 2.37. The average Bonchev–Trinajstić information content (AvgIpc) is 3.48. The van der Waals surface area contributed by atoms with Gasteiger partial charge in [-0.25, -0.2) is 4.98 Å². The van der Waals surface area contributed by atoms with Gasteiger partial charge in [0.15, 0.2) is 11.5 Å². The van der Waals surface area contributed by atoms with Crippen molar-refractivity contribution in [2.24, 2.45) is 0 Å². The van der Waals surface area contributed by atoms with Crippen LogP contribution in [-0.2, 0) is 10.2 Å². The van der Waals surface area contributed by atoms with E-state index in [4.69, 9.17) is 20.2 Å². The Hall–Kier alpha value is -3.59. The van der Waals surface area contributed by atoms with E-state index in [1.807, 2.05) is 30.1 Å². The Bertz CT molecular complexity index is 1250. The minimum atomic E-state index is -0.138. The van der Waals surface area contributed by atoms with Crippen molar-refractivity contribution in [3.05, 3.63) is 48.0 Å². The van der Waals surface area contributed by atoms with E-state index in [2.05, 4.69) is 39.5 Å². The molecule has 2 aromatic carbocycles. The lowest BCUT2D eigenvalue weighted by Crippen LogP contribution is -2.53. The Balaban J connectivity index is 1.42. The molecule has 1 atom stereocenters. The maximum absolute atomic E-state index is 13.1. The maximum atomic E-state index is 13.1. The number of ether oxygens (including phenoxy) is 2. The van der Waals surface area contributed by atoms with Crippen LogP contribution in [0.15, 0.2) is 42.5 Å². The van der Waals surface area contributed by atoms with Crippen LogP contribution in [0.25, 0.3) is 10.9 Å². The molecule has 0 aliphatic carbocycles. The van der Waals surface area contributed by atoms with Crippen molar-refractivity contribution < 1.29 is 14.3 Å². The van der Waals surface area contributed by atoms with E-state index in [9.17, 15) is 4.79 Å². The van der Waals surface area contributed by atoms with E-state index < -0.39 is 0 Å². The van der Waals surface area contributed by atoms with Crippen LogP contribution in [-0.4, -0.2) is 74.3 Å². The number of carbonyl (C=O) groups is 1. The zero-order valence-electron chi connectivity index (χ0n) is 21.9. The fraction of sp³-hybridized carbons (Fsp3) is 0.464. The molecule has 0 radical (unpaired) electrons. The van der Waals surface area contributed by atoms with Gasteiger partial charge in [-0.3, -0.25) is 4.79 Å². The normalized spacial score (nSPS) is 19.1. The molecule has 0 bridgehead atoms. The molecule has 0 unspecified atom stereocenters. The molecule has 5 rings (SSSR count). The predicted octanol–water partition coefficient (Wildman–Crippen LogP) is 2.98. The minimum absolute atomic E-state index is 0.0310. The third kappa shape index (κ3) is 4.87. The number of amides is 1. The van der Waals surface area contributed by atoms with Gasteiger partial charge in [-0.2, -0.15) is 4.98 Å². The third-order valence-corrected chi connectivity index (χ3v) is 7.88. The molecule has 0 saturated carbocycles. The summed E-state index contributed by atoms with van der Waals surface area (Å²) in [4.78, 5) is 26.6. The fourth-order valence-corrected chi connectivity index (χ4v) is 5.76. The number of hydrogen-bond donors (Lipinski definition) is 2. The highest BCUT2D eigenvalue weighted by Crippen LogP contribution is 2.38. The molecule has 2 aliphatic heterocycles. The number of benzene rings is 2. The number of nitrogens with two attached hydrogens (primary N) is 1. The second kappa shape index (κ2) is 10.4. The van der Waals surface area contributed by atoms with Crippen LogP contribution in [0.4, 0.5) is 11.8 Å². The van der Waals surface area contributed by atoms with Crippen molar-refractivity contribution in [1.82, 2.24) is 20.2 Å². The molecule has 1 aromatic heterocycles. The van der Waals surface area contributed by atoms with E-state index in [0.29, 0.717) is 35.3 Å². The first-order valence-electron chi connectivity index (χ1n) is 12.9. The molecule has 3 heterocycles. The van der Waals surface area contributed by atoms with Crippen LogP contribution in [0.5, 0.6) is 11.5 Å². The number of carbonyl (C=O) groups excluding carboxylic acids is 1. The summed E-state index contributed by atoms with van der Waals surface area (Å²) in [7, 11) is 5.20. The Morgan fingerprint density at radius 2 is 1.84 bits per heavy atom. The number of nitrogens with one attached hydrogen (secondary N) is 1. The summed E-state index contributed by atoms with van der Waals surface area (Å²) in [6, 6.07) is 14.2. The Morgan fingerprint density at radius 1 is 1.14 bits per heavy atom. The number of likely N-dealkylation sites (tertiary alicyclic amines) is 1. The molecule has 2 aliphatic rings. The van der Waals surface area contributed by atoms with E-state index in [1.165, 1.54) is 5.56 Å². The van der Waals surface area contributed by atoms with Crippen molar-refractivity contribution >= 4 is 28.6 Å². The van der Waals surface area contributed by atoms with Crippen molar-refractivity contribution in [3.8, 4) is 11.5 Å². The standard InChI is InChI=1S/C28H36N6O3/c1-33(27-31-22-17-24(37-3)23(36-2)16-20(22)25(29)32-27)18-28(19-8-5-4-6-9-19)11-14-34(15-12-28)26(35)21-10-7-13-30-21/h4-6,8-9,16-17,21,30H,7,10-15,18H2,1-3H3,(H2,29,31,32)/t21-/m1/s1. The summed E-state index contributed by atoms with van der Waals surface area (Å²) >= 11 is 0. The molecule has 1 amide bonds. The SMILES string of the molecule is COc1cc2nc(N(C)CC3(c4ccccc4)CCN(C(=O)[C@H]4CCCN4)CC3)nc(N)c2cc1OC. The molecule has 2 fully saturated rings. The molecule has 37 heavy (non-hydrogen) atoms. The van der Waals surface area contributed by atoms with Crippen molar-refractivity contribution in [3.63, 3.8) is 0 Å². The highest BCUT2D eigenvalue weighted by atomic mass is 16.5. The minimum Gasteiger partial charge on any atom is -0.493 e. The smallest absolute Gasteiger partial charge is 0.239 e. The number of rotatable bonds is 7. The van der Waals surface area contributed by atoms with Crippen molar-refractivity contribution in [2.45, 2.75) is 37.1 Å². The first-order valence-corrected chi connectivity index (χ1v) is 12.9. The number of methoxy groups -OCH3 is 2. The van der Waals surface area contributed by atoms with Crippen molar-refractivity contribution in [1.29, 1.82) is 0 Å². The monoisotopic (exact) mass is 504 g/mol. The molecular formula is C28H36N6O3. The van der Waals surface area contributed by atoms with Crippen LogP contribution in [0, 0.1) is 0 Å². The van der Waals surface area contributed by atoms with Gasteiger partial charge < -0.3 is 30.3 Å². The molecule has 9 nitrogen and oxygen atoms in total. The van der Waals surface area contributed by atoms with E-state index >= 15 is 0 Å². The average molecular weight is 505 g/mol. The Labute approximate surface area is 218 Å². The van der Waals surface area contributed by atoms with Gasteiger partial charge in [-0.15, -0.1) is 0 Å². The van der Waals surface area contributed by atoms with Crippen LogP contribution in [0.3, 0.4) is 0 Å². The summed E-state index contributed by atoms with van der Waals surface area (Å²) in [5.41, 5.74) is 8.21. The lowest BCUT2D eigenvalue weighted by molar-refractivity contribution is -0.134. The first kappa shape index (κ1) is 25.1. The zero-order chi connectivity index (χ0) is 26.0. The number of nitrogens with zero attached hydrogens (tertiary/aromatic N) is 4. The largest absolute Gasteiger partial charge is 0.493 e. The van der Waals surface area contributed by atoms with Crippen molar-refractivity contribution in [2.75, 3.05) is 58.1 Å². The van der Waals surface area contributed by atoms with Gasteiger partial charge in [-0.05, 0) is 43.9 Å². The summed E-state index contributed by atoms with van der Waals surface area (Å²) < 4.78 is 10.9. The number of nitrogen functional groups attached to an aromatic ring is 1. The second-order valence-corrected chi connectivity index (χ2v) is 10.1. The van der Waals surface area contributed by atoms with Gasteiger partial charge >= 0.3 is 0 Å². The number of hydrogen-bond acceptors (Lipinski definition) is 8. The van der Waals surface area contributed by atoms with Gasteiger partial charge in [0.1, 0.15) is 5.82 Å². The Morgan fingerprint density at radius 3 is 2.49 bits per heavy atom. The maximum Gasteiger partial charge on any atom is 0.239 e. The van der Waals surface area contributed by atoms with Crippen LogP contribution in [0.2, 0.25) is 0 Å². The molecule has 0 spiro atoms. The molecule has 196 valence electrons. The van der Waals surface area contributed by atoms with E-state index in [1.54, 1.807) is 14.2 Å². The Kier molecular flexibility index (Phi) is 7.06. The summed E-state index contributed by atoms with van der Waals surface area (Å²) in [6.45, 7) is 3.10. The molecular weight excluding hydrogens is 468 g/mol. The van der Waals surface area contributed by atoms with E-state index in [-0.39, 0.29) is 17.4 Å². The molecule has 9 heteroatoms. The highest BCUT2D eigenvalue weighted by molar-refractivity contribution is 5.91. The number of fused-ring (bicyclic) bond motifs is 1. The third-order valence-electron chi connectivity index (χ3n) is 7.88. The van der Waals surface area contributed by atoms with Gasteiger partial charge in [0.25, 0.3) is 0 Å². The second-order valence-electron chi connectivity index (χ2n) is 10.1. The predicted molar refractivity (Wildman–Crippen MR) is 145 cm³/mol. The fourth-order valence-electron chi connectivity index (χ4n) is 5.76. The quantitative estimate of drug-likeness (QED) is 0.506. The molecule has 3 aromatic rings. The zero-order valence-corrected chi connectivity index (χ0v) is 21.9. The number of piperidine rings is 1. The van der Waals surface area contributed by atoms with Crippen LogP contribution >= 0.6 is 0 Å². The number of anilines is 2. The van der Waals surface area contributed by atoms with Crippen LogP contribution < -0.4 is 25.4 Å². The topological polar surface area (TPSA) is 106 Å². The lowest BCUT2D eigenvalue weighted by atomic mass is 9.72. The summed E-state index contributed by atoms with van der Waals surface area (Å²) in [5, 5.41) is 4.07. The van der Waals surface area contributed by atoms with Gasteiger partial charge in [-0.1, -0.05) is 30.3 Å². The van der Waals surface area contributed by atoms with Crippen LogP contribution in [0.1, 0.15) is 31.2 Å². The van der Waals surface area contributed by atoms with Gasteiger partial charge in [0, 0.05) is 43.5 Å². The van der Waals surface area contributed by atoms with Gasteiger partial charge in [0.05, 0.1) is 25.8 Å². The molecule has 3 N–H and O–H groups in total. The number of aromatic nitrogens is 2. The number of likely N-dealkylation sites (N-methyl/N-ethyl adjacent to an activating group) is 1. The first-order chi connectivity index (χ1) is 17.9.